The van der Waals surface area contributed by atoms with Crippen LogP contribution in [0.4, 0.5) is 0 Å². The smallest absolute Gasteiger partial charge is 0.217 e. The lowest BCUT2D eigenvalue weighted by molar-refractivity contribution is -0.397. The largest absolute Gasteiger partial charge is 0.394 e. The average molecular weight is 1100 g/mol. The Morgan fingerprint density at radius 1 is 0.373 bits per heavy atom. The van der Waals surface area contributed by atoms with Crippen molar-refractivity contribution in [1.82, 2.24) is 16.0 Å². The zero-order valence-electron chi connectivity index (χ0n) is 40.7. The van der Waals surface area contributed by atoms with E-state index in [-0.39, 0.29) is 0 Å². The Morgan fingerprint density at radius 3 is 1.35 bits per heavy atom. The number of carbonyl (C=O) groups excluding carboxylic acids is 3. The Morgan fingerprint density at radius 2 is 0.787 bits per heavy atom. The molecule has 0 aromatic carbocycles. The average Bonchev–Trinajstić information content (AvgIpc) is 3.36. The number of ether oxygens (including phenoxy) is 11. The third kappa shape index (κ3) is 13.7. The molecule has 33 nitrogen and oxygen atoms in total. The molecule has 19 N–H and O–H groups in total. The van der Waals surface area contributed by atoms with Gasteiger partial charge in [0.25, 0.3) is 0 Å². The summed E-state index contributed by atoms with van der Waals surface area (Å²) in [6.07, 6.45) is -50.0. The Bertz CT molecular complexity index is 1850. The number of amides is 3. The van der Waals surface area contributed by atoms with E-state index in [1.807, 2.05) is 0 Å². The Labute approximate surface area is 426 Å². The van der Waals surface area contributed by atoms with Crippen molar-refractivity contribution in [2.75, 3.05) is 33.0 Å². The van der Waals surface area contributed by atoms with E-state index < -0.39 is 235 Å². The minimum Gasteiger partial charge on any atom is -0.394 e. The fraction of sp³-hybridized carbons (Fsp3) is 0.929. The summed E-state index contributed by atoms with van der Waals surface area (Å²) in [6.45, 7) is -0.244. The first-order chi connectivity index (χ1) is 35.4. The van der Waals surface area contributed by atoms with E-state index in [9.17, 15) is 96.1 Å². The second kappa shape index (κ2) is 26.5. The Hall–Kier alpha value is -2.67. The van der Waals surface area contributed by atoms with Gasteiger partial charge < -0.3 is 150 Å². The number of nitrogens with one attached hydrogen (secondary N) is 3. The van der Waals surface area contributed by atoms with Crippen molar-refractivity contribution in [3.63, 3.8) is 0 Å². The molecule has 6 fully saturated rings. The van der Waals surface area contributed by atoms with Gasteiger partial charge in [-0.2, -0.15) is 0 Å². The lowest BCUT2D eigenvalue weighted by Crippen LogP contribution is -2.70. The van der Waals surface area contributed by atoms with Crippen molar-refractivity contribution in [2.24, 2.45) is 0 Å². The number of aliphatic hydroxyl groups excluding tert-OH is 16. The molecule has 1 unspecified atom stereocenters. The summed E-state index contributed by atoms with van der Waals surface area (Å²) in [5, 5.41) is 180. The maximum atomic E-state index is 12.6. The van der Waals surface area contributed by atoms with Gasteiger partial charge >= 0.3 is 0 Å². The molecular weight excluding hydrogens is 1030 g/mol. The van der Waals surface area contributed by atoms with Crippen LogP contribution in [0.1, 0.15) is 27.7 Å². The van der Waals surface area contributed by atoms with Gasteiger partial charge in [0.2, 0.25) is 17.7 Å². The van der Waals surface area contributed by atoms with Crippen LogP contribution >= 0.6 is 0 Å². The van der Waals surface area contributed by atoms with E-state index >= 15 is 0 Å². The first-order valence-corrected chi connectivity index (χ1v) is 23.9. The Balaban J connectivity index is 1.30. The lowest BCUT2D eigenvalue weighted by atomic mass is 9.94. The zero-order valence-corrected chi connectivity index (χ0v) is 40.7. The highest BCUT2D eigenvalue weighted by molar-refractivity contribution is 5.74. The number of aliphatic hydroxyl groups is 16. The molecular formula is C42H71N3O30. The zero-order chi connectivity index (χ0) is 55.5. The van der Waals surface area contributed by atoms with E-state index in [0.717, 1.165) is 20.8 Å². The van der Waals surface area contributed by atoms with Crippen molar-refractivity contribution < 1.29 is 148 Å². The van der Waals surface area contributed by atoms with Crippen molar-refractivity contribution in [2.45, 2.75) is 212 Å². The van der Waals surface area contributed by atoms with Gasteiger partial charge in [-0.15, -0.1) is 0 Å². The van der Waals surface area contributed by atoms with Crippen LogP contribution < -0.4 is 16.0 Å². The van der Waals surface area contributed by atoms with Gasteiger partial charge in [-0.1, -0.05) is 0 Å². The standard InChI is InChI=1S/C42H71N3O30/c1-10-22(53)29(60)31(62)40(66-10)75-36-35(74-39-19(43-11(2)50)27(58)23(54)14(5-46)68-39)25(56)16(7-48)70-42(36)73-34-21(45-13(4)52)37(64)67-18(26(34)57)9-65-38-20(44-12(3)51)28(59)33(17(8-49)71-38)72-41-32(63)30(61)24(55)15(6-47)69-41/h10,14-42,46-49,53-64H,5-9H2,1-4H3,(H,43,50)(H,44,51)(H,45,52)/t10-,14+,15+,16+,17+,18+,19+,20+,21+,22+,23-,24-,25-,26-,27+,28+,29+,30-,31-,32+,33+,34+,35-,36+,37?,38+,39+,40-,41-,42-/m0/s1. The van der Waals surface area contributed by atoms with Crippen molar-refractivity contribution >= 4 is 17.7 Å². The highest BCUT2D eigenvalue weighted by atomic mass is 16.8. The summed E-state index contributed by atoms with van der Waals surface area (Å²) in [6, 6.07) is -5.06. The van der Waals surface area contributed by atoms with Gasteiger partial charge in [-0.05, 0) is 6.92 Å². The van der Waals surface area contributed by atoms with Crippen LogP contribution in [0, 0.1) is 0 Å². The summed E-state index contributed by atoms with van der Waals surface area (Å²) in [4.78, 5) is 37.4. The molecule has 6 aliphatic heterocycles. The molecule has 6 rings (SSSR count). The second-order valence-electron chi connectivity index (χ2n) is 19.0. The summed E-state index contributed by atoms with van der Waals surface area (Å²) in [5.41, 5.74) is 0. The molecule has 0 bridgehead atoms. The molecule has 434 valence electrons. The molecule has 6 heterocycles. The quantitative estimate of drug-likeness (QED) is 0.0606. The fourth-order valence-electron chi connectivity index (χ4n) is 9.54. The van der Waals surface area contributed by atoms with Crippen LogP contribution in [-0.2, 0) is 66.5 Å². The minimum absolute atomic E-state index is 0.784. The van der Waals surface area contributed by atoms with Gasteiger partial charge in [0.1, 0.15) is 140 Å². The Kier molecular flexibility index (Phi) is 21.8. The van der Waals surface area contributed by atoms with Crippen LogP contribution in [-0.4, -0.2) is 317 Å². The first kappa shape index (κ1) is 61.5. The maximum Gasteiger partial charge on any atom is 0.217 e. The maximum absolute atomic E-state index is 12.6. The molecule has 0 aromatic rings. The van der Waals surface area contributed by atoms with E-state index in [4.69, 9.17) is 52.1 Å². The summed E-state index contributed by atoms with van der Waals surface area (Å²) in [5.74, 6) is -2.41. The van der Waals surface area contributed by atoms with Crippen molar-refractivity contribution in [3.8, 4) is 0 Å². The van der Waals surface area contributed by atoms with Gasteiger partial charge in [-0.3, -0.25) is 14.4 Å². The molecule has 0 saturated carbocycles. The van der Waals surface area contributed by atoms with E-state index in [1.165, 1.54) is 6.92 Å². The van der Waals surface area contributed by atoms with Gasteiger partial charge in [0.05, 0.1) is 39.1 Å². The summed E-state index contributed by atoms with van der Waals surface area (Å²) >= 11 is 0. The predicted octanol–water partition coefficient (Wildman–Crippen LogP) is -12.6. The van der Waals surface area contributed by atoms with Crippen molar-refractivity contribution in [3.05, 3.63) is 0 Å². The van der Waals surface area contributed by atoms with E-state index in [2.05, 4.69) is 16.0 Å². The topological polar surface area (TPSA) is 513 Å². The normalized spacial score (nSPS) is 48.6. The molecule has 3 amide bonds. The fourth-order valence-corrected chi connectivity index (χ4v) is 9.54. The molecule has 0 aromatic heterocycles. The minimum atomic E-state index is -2.13. The lowest BCUT2D eigenvalue weighted by Gasteiger charge is -2.51. The molecule has 0 spiro atoms. The monoisotopic (exact) mass is 1100 g/mol. The number of carbonyl (C=O) groups is 3. The number of hydrogen-bond donors (Lipinski definition) is 19. The molecule has 6 saturated heterocycles. The molecule has 0 aliphatic carbocycles. The molecule has 0 radical (unpaired) electrons. The molecule has 6 aliphatic rings. The highest BCUT2D eigenvalue weighted by Gasteiger charge is 2.58. The second-order valence-corrected chi connectivity index (χ2v) is 19.0. The molecule has 30 atom stereocenters. The third-order valence-corrected chi connectivity index (χ3v) is 13.6. The van der Waals surface area contributed by atoms with Crippen LogP contribution in [0.25, 0.3) is 0 Å². The summed E-state index contributed by atoms with van der Waals surface area (Å²) < 4.78 is 64.3. The predicted molar refractivity (Wildman–Crippen MR) is 233 cm³/mol. The first-order valence-electron chi connectivity index (χ1n) is 23.9. The van der Waals surface area contributed by atoms with E-state index in [0.29, 0.717) is 0 Å². The number of hydrogen-bond acceptors (Lipinski definition) is 30. The van der Waals surface area contributed by atoms with Crippen LogP contribution in [0.5, 0.6) is 0 Å². The molecule has 33 heteroatoms. The van der Waals surface area contributed by atoms with Crippen LogP contribution in [0.2, 0.25) is 0 Å². The van der Waals surface area contributed by atoms with Gasteiger partial charge in [0.15, 0.2) is 37.7 Å². The molecule has 75 heavy (non-hydrogen) atoms. The SMILES string of the molecule is CC(=O)N[C@H]1[C@H](OC[C@H]2OC(O)[C@H](NC(C)=O)[C@@H](O[C@@H]3O[C@H](CO)[C@H](O)[C@H](O[C@H]4O[C@H](CO)[C@H](O)[C@H](O)[C@H]4NC(C)=O)[C@H]3O[C@@H]3O[C@@H](C)[C@@H](O)[C@@H](O)[C@@H]3O)[C@H]2O)O[C@H](CO)[C@@H](O[C@@H]2O[C@H](CO)[C@H](O)[C@H](O)[C@H]2O)[C@@H]1O. The van der Waals surface area contributed by atoms with Crippen LogP contribution in [0.15, 0.2) is 0 Å². The highest BCUT2D eigenvalue weighted by Crippen LogP contribution is 2.37. The number of rotatable bonds is 18. The van der Waals surface area contributed by atoms with E-state index in [1.54, 1.807) is 0 Å². The van der Waals surface area contributed by atoms with Gasteiger partial charge in [0, 0.05) is 20.8 Å². The van der Waals surface area contributed by atoms with Crippen molar-refractivity contribution in [1.29, 1.82) is 0 Å². The summed E-state index contributed by atoms with van der Waals surface area (Å²) in [7, 11) is 0. The van der Waals surface area contributed by atoms with Gasteiger partial charge in [-0.25, -0.2) is 0 Å². The third-order valence-electron chi connectivity index (χ3n) is 13.6. The van der Waals surface area contributed by atoms with Crippen LogP contribution in [0.3, 0.4) is 0 Å².